The monoisotopic (exact) mass is 239 g/mol. The van der Waals surface area contributed by atoms with Gasteiger partial charge in [0.2, 0.25) is 0 Å². The maximum Gasteiger partial charge on any atom is 0.276 e. The van der Waals surface area contributed by atoms with Gasteiger partial charge in [0.15, 0.2) is 11.6 Å². The molecule has 1 aromatic rings. The zero-order valence-corrected chi connectivity index (χ0v) is 9.40. The predicted molar refractivity (Wildman–Crippen MR) is 59.3 cm³/mol. The third-order valence-electron chi connectivity index (χ3n) is 2.90. The summed E-state index contributed by atoms with van der Waals surface area (Å²) in [5.74, 6) is -0.660. The molecule has 0 aliphatic heterocycles. The van der Waals surface area contributed by atoms with Gasteiger partial charge in [-0.3, -0.25) is 10.0 Å². The van der Waals surface area contributed by atoms with E-state index in [1.54, 1.807) is 0 Å². The van der Waals surface area contributed by atoms with Crippen LogP contribution in [0.3, 0.4) is 0 Å². The van der Waals surface area contributed by atoms with Gasteiger partial charge < -0.3 is 5.32 Å². The molecule has 0 unspecified atom stereocenters. The first-order valence-electron chi connectivity index (χ1n) is 5.48. The first-order valence-corrected chi connectivity index (χ1v) is 5.48. The van der Waals surface area contributed by atoms with Crippen LogP contribution in [0.15, 0.2) is 12.3 Å². The molecule has 1 fully saturated rings. The van der Waals surface area contributed by atoms with Gasteiger partial charge in [-0.2, -0.15) is 0 Å². The molecular weight excluding hydrogens is 225 g/mol. The smallest absolute Gasteiger partial charge is 0.276 e. The molecule has 92 valence electrons. The Hall–Kier alpha value is -1.69. The molecular formula is C11H14FN3O2. The second-order valence-electron chi connectivity index (χ2n) is 4.27. The number of hydroxylamine groups is 1. The molecule has 0 bridgehead atoms. The van der Waals surface area contributed by atoms with Crippen LogP contribution in [0.2, 0.25) is 0 Å². The molecule has 1 saturated carbocycles. The molecule has 0 spiro atoms. The fraction of sp³-hybridized carbons (Fsp3) is 0.455. The summed E-state index contributed by atoms with van der Waals surface area (Å²) in [5, 5.41) is 11.4. The van der Waals surface area contributed by atoms with E-state index >= 15 is 0 Å². The van der Waals surface area contributed by atoms with Gasteiger partial charge in [0.25, 0.3) is 5.91 Å². The van der Waals surface area contributed by atoms with Gasteiger partial charge in [-0.25, -0.2) is 14.9 Å². The summed E-state index contributed by atoms with van der Waals surface area (Å²) < 4.78 is 13.6. The number of carbonyl (C=O) groups excluding carboxylic acids is 1. The highest BCUT2D eigenvalue weighted by Crippen LogP contribution is 2.33. The number of rotatable bonds is 4. The molecule has 1 atom stereocenters. The second kappa shape index (κ2) is 4.67. The molecule has 1 aliphatic rings. The quantitative estimate of drug-likeness (QED) is 0.550. The van der Waals surface area contributed by atoms with E-state index in [1.807, 2.05) is 6.92 Å². The number of anilines is 1. The number of hydrogen-bond acceptors (Lipinski definition) is 4. The van der Waals surface area contributed by atoms with Gasteiger partial charge in [0.05, 0.1) is 5.56 Å². The van der Waals surface area contributed by atoms with Crippen molar-refractivity contribution in [2.45, 2.75) is 25.8 Å². The maximum absolute atomic E-state index is 13.6. The van der Waals surface area contributed by atoms with Crippen LogP contribution < -0.4 is 10.8 Å². The van der Waals surface area contributed by atoms with Crippen molar-refractivity contribution in [2.75, 3.05) is 5.32 Å². The highest BCUT2D eigenvalue weighted by Gasteiger charge is 2.28. The Bertz CT molecular complexity index is 435. The predicted octanol–water partition coefficient (Wildman–Crippen LogP) is 1.55. The summed E-state index contributed by atoms with van der Waals surface area (Å²) in [6, 6.07) is 1.22. The Morgan fingerprint density at radius 1 is 1.65 bits per heavy atom. The minimum atomic E-state index is -0.779. The standard InChI is InChI=1S/C11H14FN3O2/c1-6(7-2-3-7)14-10-9(12)4-8(5-13-10)11(16)15-17/h4-7,17H,2-3H2,1H3,(H,13,14)(H,15,16)/t6-/m1/s1. The second-order valence-corrected chi connectivity index (χ2v) is 4.27. The number of halogens is 1. The first kappa shape index (κ1) is 11.8. The van der Waals surface area contributed by atoms with Crippen molar-refractivity contribution in [3.8, 4) is 0 Å². The van der Waals surface area contributed by atoms with Crippen LogP contribution in [0.1, 0.15) is 30.1 Å². The zero-order valence-electron chi connectivity index (χ0n) is 9.40. The largest absolute Gasteiger partial charge is 0.365 e. The number of nitrogens with one attached hydrogen (secondary N) is 2. The Balaban J connectivity index is 2.10. The summed E-state index contributed by atoms with van der Waals surface area (Å²) >= 11 is 0. The van der Waals surface area contributed by atoms with E-state index in [0.717, 1.165) is 18.9 Å². The molecule has 2 rings (SSSR count). The van der Waals surface area contributed by atoms with Gasteiger partial charge in [0.1, 0.15) is 0 Å². The highest BCUT2D eigenvalue weighted by atomic mass is 19.1. The Morgan fingerprint density at radius 3 is 2.88 bits per heavy atom. The van der Waals surface area contributed by atoms with E-state index < -0.39 is 11.7 Å². The number of hydrogen-bond donors (Lipinski definition) is 3. The number of aromatic nitrogens is 1. The molecule has 1 aromatic heterocycles. The van der Waals surface area contributed by atoms with E-state index in [4.69, 9.17) is 5.21 Å². The lowest BCUT2D eigenvalue weighted by Gasteiger charge is -2.14. The maximum atomic E-state index is 13.6. The van der Waals surface area contributed by atoms with E-state index in [9.17, 15) is 9.18 Å². The fourth-order valence-corrected chi connectivity index (χ4v) is 1.66. The number of carbonyl (C=O) groups is 1. The normalized spacial score (nSPS) is 16.4. The SMILES string of the molecule is C[C@@H](Nc1ncc(C(=O)NO)cc1F)C1CC1. The van der Waals surface area contributed by atoms with Gasteiger partial charge in [-0.05, 0) is 31.7 Å². The molecule has 0 saturated heterocycles. The van der Waals surface area contributed by atoms with Crippen LogP contribution in [0.5, 0.6) is 0 Å². The molecule has 1 heterocycles. The Labute approximate surface area is 98.0 Å². The van der Waals surface area contributed by atoms with Crippen LogP contribution in [0.25, 0.3) is 0 Å². The lowest BCUT2D eigenvalue weighted by molar-refractivity contribution is 0.0705. The van der Waals surface area contributed by atoms with Crippen molar-refractivity contribution in [3.05, 3.63) is 23.6 Å². The third kappa shape index (κ3) is 2.71. The highest BCUT2D eigenvalue weighted by molar-refractivity contribution is 5.93. The van der Waals surface area contributed by atoms with Crippen LogP contribution >= 0.6 is 0 Å². The number of amides is 1. The minimum Gasteiger partial charge on any atom is -0.365 e. The van der Waals surface area contributed by atoms with Crippen molar-refractivity contribution in [2.24, 2.45) is 5.92 Å². The fourth-order valence-electron chi connectivity index (χ4n) is 1.66. The van der Waals surface area contributed by atoms with Crippen molar-refractivity contribution >= 4 is 11.7 Å². The van der Waals surface area contributed by atoms with Crippen LogP contribution in [0.4, 0.5) is 10.2 Å². The van der Waals surface area contributed by atoms with Gasteiger partial charge in [0, 0.05) is 12.2 Å². The van der Waals surface area contributed by atoms with Crippen LogP contribution in [0, 0.1) is 11.7 Å². The Morgan fingerprint density at radius 2 is 2.35 bits per heavy atom. The summed E-state index contributed by atoms with van der Waals surface area (Å²) in [6.45, 7) is 1.98. The Kier molecular flexibility index (Phi) is 3.23. The van der Waals surface area contributed by atoms with Crippen molar-refractivity contribution in [3.63, 3.8) is 0 Å². The van der Waals surface area contributed by atoms with Gasteiger partial charge in [-0.1, -0.05) is 0 Å². The minimum absolute atomic E-state index is 0.0189. The average molecular weight is 239 g/mol. The lowest BCUT2D eigenvalue weighted by atomic mass is 10.2. The average Bonchev–Trinajstić information content (AvgIpc) is 3.14. The van der Waals surface area contributed by atoms with Crippen molar-refractivity contribution in [1.82, 2.24) is 10.5 Å². The van der Waals surface area contributed by atoms with E-state index in [1.165, 1.54) is 11.7 Å². The molecule has 1 aliphatic carbocycles. The summed E-state index contributed by atoms with van der Waals surface area (Å²) in [4.78, 5) is 14.9. The summed E-state index contributed by atoms with van der Waals surface area (Å²) in [7, 11) is 0. The molecule has 0 radical (unpaired) electrons. The number of pyridine rings is 1. The molecule has 3 N–H and O–H groups in total. The van der Waals surface area contributed by atoms with Gasteiger partial charge >= 0.3 is 0 Å². The van der Waals surface area contributed by atoms with E-state index in [-0.39, 0.29) is 17.4 Å². The molecule has 0 aromatic carbocycles. The van der Waals surface area contributed by atoms with Crippen LogP contribution in [-0.4, -0.2) is 22.1 Å². The third-order valence-corrected chi connectivity index (χ3v) is 2.90. The first-order chi connectivity index (χ1) is 8.11. The summed E-state index contributed by atoms with van der Waals surface area (Å²) in [5.41, 5.74) is 1.41. The lowest BCUT2D eigenvalue weighted by Crippen LogP contribution is -2.21. The molecule has 1 amide bonds. The topological polar surface area (TPSA) is 74.2 Å². The van der Waals surface area contributed by atoms with Crippen molar-refractivity contribution < 1.29 is 14.4 Å². The molecule has 6 heteroatoms. The number of nitrogens with zero attached hydrogens (tertiary/aromatic N) is 1. The molecule has 5 nitrogen and oxygen atoms in total. The van der Waals surface area contributed by atoms with Crippen molar-refractivity contribution in [1.29, 1.82) is 0 Å². The van der Waals surface area contributed by atoms with Gasteiger partial charge in [-0.15, -0.1) is 0 Å². The molecule has 17 heavy (non-hydrogen) atoms. The summed E-state index contributed by atoms with van der Waals surface area (Å²) in [6.07, 6.45) is 3.53. The van der Waals surface area contributed by atoms with E-state index in [2.05, 4.69) is 10.3 Å². The zero-order chi connectivity index (χ0) is 12.4. The van der Waals surface area contributed by atoms with E-state index in [0.29, 0.717) is 5.92 Å². The van der Waals surface area contributed by atoms with Crippen LogP contribution in [-0.2, 0) is 0 Å².